The average molecular weight is 375 g/mol. The van der Waals surface area contributed by atoms with Gasteiger partial charge in [-0.1, -0.05) is 71.1 Å². The first-order chi connectivity index (χ1) is 11.9. The molecular weight excluding hydrogens is 336 g/mol. The maximum absolute atomic E-state index is 12.2. The third kappa shape index (κ3) is 10.2. The van der Waals surface area contributed by atoms with Gasteiger partial charge in [0.15, 0.2) is 0 Å². The monoisotopic (exact) mass is 374 g/mol. The summed E-state index contributed by atoms with van der Waals surface area (Å²) in [4.78, 5) is 14.0. The lowest BCUT2D eigenvalue weighted by Crippen LogP contribution is -2.50. The molecule has 0 aromatic heterocycles. The minimum absolute atomic E-state index is 0.184. The van der Waals surface area contributed by atoms with Crippen molar-refractivity contribution in [1.29, 1.82) is 0 Å². The first kappa shape index (κ1) is 22.4. The molecule has 1 amide bonds. The van der Waals surface area contributed by atoms with Crippen molar-refractivity contribution in [3.05, 3.63) is 0 Å². The van der Waals surface area contributed by atoms with Crippen molar-refractivity contribution in [3.63, 3.8) is 0 Å². The van der Waals surface area contributed by atoms with E-state index in [2.05, 4.69) is 6.92 Å². The summed E-state index contributed by atoms with van der Waals surface area (Å²) in [6.07, 6.45) is 15.9. The number of unbranched alkanes of at least 4 members (excludes halogenated alkanes) is 10. The lowest BCUT2D eigenvalue weighted by atomic mass is 10.1. The van der Waals surface area contributed by atoms with Gasteiger partial charge in [-0.15, -0.1) is 0 Å². The zero-order chi connectivity index (χ0) is 18.5. The van der Waals surface area contributed by atoms with Gasteiger partial charge in [-0.05, 0) is 6.42 Å². The highest BCUT2D eigenvalue weighted by molar-refractivity contribution is 7.88. The van der Waals surface area contributed by atoms with Crippen molar-refractivity contribution in [3.8, 4) is 0 Å². The first-order valence-electron chi connectivity index (χ1n) is 10.2. The second kappa shape index (κ2) is 12.7. The van der Waals surface area contributed by atoms with E-state index < -0.39 is 10.0 Å². The van der Waals surface area contributed by atoms with Crippen LogP contribution in [0.3, 0.4) is 0 Å². The Morgan fingerprint density at radius 2 is 1.20 bits per heavy atom. The first-order valence-corrected chi connectivity index (χ1v) is 12.0. The van der Waals surface area contributed by atoms with E-state index in [4.69, 9.17) is 0 Å². The van der Waals surface area contributed by atoms with Gasteiger partial charge in [-0.2, -0.15) is 4.31 Å². The molecule has 0 saturated carbocycles. The van der Waals surface area contributed by atoms with Crippen LogP contribution in [0.25, 0.3) is 0 Å². The normalized spacial score (nSPS) is 16.3. The van der Waals surface area contributed by atoms with Gasteiger partial charge in [-0.25, -0.2) is 8.42 Å². The highest BCUT2D eigenvalue weighted by atomic mass is 32.2. The number of carbonyl (C=O) groups is 1. The number of amides is 1. The van der Waals surface area contributed by atoms with Crippen LogP contribution in [0.2, 0.25) is 0 Å². The summed E-state index contributed by atoms with van der Waals surface area (Å²) >= 11 is 0. The van der Waals surface area contributed by atoms with E-state index in [1.807, 2.05) is 4.90 Å². The third-order valence-electron chi connectivity index (χ3n) is 5.05. The Labute approximate surface area is 155 Å². The van der Waals surface area contributed by atoms with Gasteiger partial charge in [0.05, 0.1) is 6.26 Å². The van der Waals surface area contributed by atoms with Crippen molar-refractivity contribution in [1.82, 2.24) is 9.21 Å². The summed E-state index contributed by atoms with van der Waals surface area (Å²) in [7, 11) is -3.12. The molecule has 1 saturated heterocycles. The van der Waals surface area contributed by atoms with Crippen molar-refractivity contribution >= 4 is 15.9 Å². The number of sulfonamides is 1. The number of nitrogens with zero attached hydrogens (tertiary/aromatic N) is 2. The summed E-state index contributed by atoms with van der Waals surface area (Å²) in [6.45, 7) is 4.18. The van der Waals surface area contributed by atoms with Gasteiger partial charge in [0.1, 0.15) is 0 Å². The number of hydrogen-bond donors (Lipinski definition) is 0. The Kier molecular flexibility index (Phi) is 11.4. The van der Waals surface area contributed by atoms with Gasteiger partial charge in [0.2, 0.25) is 15.9 Å². The molecule has 0 radical (unpaired) electrons. The molecule has 0 spiro atoms. The fourth-order valence-corrected chi connectivity index (χ4v) is 4.19. The van der Waals surface area contributed by atoms with E-state index in [1.165, 1.54) is 68.3 Å². The van der Waals surface area contributed by atoms with Crippen molar-refractivity contribution in [2.24, 2.45) is 0 Å². The van der Waals surface area contributed by atoms with Crippen LogP contribution in [0.1, 0.15) is 84.0 Å². The predicted molar refractivity (Wildman–Crippen MR) is 104 cm³/mol. The summed E-state index contributed by atoms with van der Waals surface area (Å²) in [5, 5.41) is 0. The second-order valence-electron chi connectivity index (χ2n) is 7.33. The summed E-state index contributed by atoms with van der Waals surface area (Å²) in [5.41, 5.74) is 0. The summed E-state index contributed by atoms with van der Waals surface area (Å²) < 4.78 is 24.4. The van der Waals surface area contributed by atoms with Crippen molar-refractivity contribution in [2.75, 3.05) is 32.4 Å². The second-order valence-corrected chi connectivity index (χ2v) is 9.31. The topological polar surface area (TPSA) is 57.7 Å². The Morgan fingerprint density at radius 3 is 1.64 bits per heavy atom. The maximum atomic E-state index is 12.2. The molecule has 1 fully saturated rings. The molecule has 6 heteroatoms. The molecular formula is C19H38N2O3S. The molecule has 5 nitrogen and oxygen atoms in total. The van der Waals surface area contributed by atoms with E-state index in [-0.39, 0.29) is 5.91 Å². The quantitative estimate of drug-likeness (QED) is 0.461. The van der Waals surface area contributed by atoms with Gasteiger partial charge >= 0.3 is 0 Å². The molecule has 148 valence electrons. The number of piperazine rings is 1. The Morgan fingerprint density at radius 1 is 0.760 bits per heavy atom. The fraction of sp³-hybridized carbons (Fsp3) is 0.947. The number of carbonyl (C=O) groups excluding carboxylic acids is 1. The lowest BCUT2D eigenvalue weighted by molar-refractivity contribution is -0.132. The average Bonchev–Trinajstić information content (AvgIpc) is 2.59. The molecule has 0 N–H and O–H groups in total. The molecule has 0 unspecified atom stereocenters. The van der Waals surface area contributed by atoms with Crippen LogP contribution >= 0.6 is 0 Å². The van der Waals surface area contributed by atoms with Crippen LogP contribution in [0.15, 0.2) is 0 Å². The van der Waals surface area contributed by atoms with E-state index in [1.54, 1.807) is 0 Å². The highest BCUT2D eigenvalue weighted by Gasteiger charge is 2.25. The van der Waals surface area contributed by atoms with Crippen LogP contribution in [0.4, 0.5) is 0 Å². The highest BCUT2D eigenvalue weighted by Crippen LogP contribution is 2.13. The largest absolute Gasteiger partial charge is 0.340 e. The zero-order valence-corrected chi connectivity index (χ0v) is 17.2. The molecule has 25 heavy (non-hydrogen) atoms. The molecule has 0 aromatic rings. The Bertz CT molecular complexity index is 457. The van der Waals surface area contributed by atoms with E-state index in [0.29, 0.717) is 32.6 Å². The molecule has 1 rings (SSSR count). The predicted octanol–water partition coefficient (Wildman–Crippen LogP) is 3.79. The van der Waals surface area contributed by atoms with Gasteiger partial charge in [-0.3, -0.25) is 4.79 Å². The van der Waals surface area contributed by atoms with Crippen LogP contribution in [0, 0.1) is 0 Å². The molecule has 1 aliphatic rings. The zero-order valence-electron chi connectivity index (χ0n) is 16.3. The third-order valence-corrected chi connectivity index (χ3v) is 6.36. The molecule has 1 aliphatic heterocycles. The lowest BCUT2D eigenvalue weighted by Gasteiger charge is -2.33. The van der Waals surface area contributed by atoms with Gasteiger partial charge < -0.3 is 4.90 Å². The van der Waals surface area contributed by atoms with Crippen LogP contribution in [0.5, 0.6) is 0 Å². The van der Waals surface area contributed by atoms with Gasteiger partial charge in [0, 0.05) is 32.6 Å². The van der Waals surface area contributed by atoms with E-state index in [9.17, 15) is 13.2 Å². The molecule has 0 aliphatic carbocycles. The molecule has 0 aromatic carbocycles. The molecule has 0 atom stereocenters. The Balaban J connectivity index is 1.96. The van der Waals surface area contributed by atoms with Crippen molar-refractivity contribution in [2.45, 2.75) is 84.0 Å². The minimum atomic E-state index is -3.12. The van der Waals surface area contributed by atoms with Crippen LogP contribution in [-0.4, -0.2) is 56.0 Å². The van der Waals surface area contributed by atoms with E-state index in [0.717, 1.165) is 12.8 Å². The fourth-order valence-electron chi connectivity index (χ4n) is 3.37. The minimum Gasteiger partial charge on any atom is -0.340 e. The molecule has 0 bridgehead atoms. The summed E-state index contributed by atoms with van der Waals surface area (Å²) in [6, 6.07) is 0. The van der Waals surface area contributed by atoms with Crippen LogP contribution < -0.4 is 0 Å². The van der Waals surface area contributed by atoms with Crippen LogP contribution in [-0.2, 0) is 14.8 Å². The Hall–Kier alpha value is -0.620. The standard InChI is InChI=1S/C19H38N2O3S/c1-3-4-5-6-7-8-9-10-11-12-13-14-19(22)20-15-17-21(18-16-20)25(2,23)24/h3-18H2,1-2H3. The number of rotatable bonds is 13. The van der Waals surface area contributed by atoms with Crippen molar-refractivity contribution < 1.29 is 13.2 Å². The SMILES string of the molecule is CCCCCCCCCCCCCC(=O)N1CCN(S(C)(=O)=O)CC1. The smallest absolute Gasteiger partial charge is 0.222 e. The summed E-state index contributed by atoms with van der Waals surface area (Å²) in [5.74, 6) is 0.184. The van der Waals surface area contributed by atoms with Gasteiger partial charge in [0.25, 0.3) is 0 Å². The molecule has 1 heterocycles. The number of hydrogen-bond acceptors (Lipinski definition) is 3. The van der Waals surface area contributed by atoms with E-state index >= 15 is 0 Å². The maximum Gasteiger partial charge on any atom is 0.222 e.